The molecule has 0 fully saturated rings. The molecule has 0 aliphatic heterocycles. The average Bonchev–Trinajstić information content (AvgIpc) is 2.97. The first-order chi connectivity index (χ1) is 9.74. The number of anilines is 1. The van der Waals surface area contributed by atoms with Crippen LogP contribution in [0.2, 0.25) is 0 Å². The summed E-state index contributed by atoms with van der Waals surface area (Å²) in [5, 5.41) is 12.9. The summed E-state index contributed by atoms with van der Waals surface area (Å²) in [7, 11) is 0. The van der Waals surface area contributed by atoms with Crippen LogP contribution < -0.4 is 5.32 Å². The van der Waals surface area contributed by atoms with E-state index in [2.05, 4.69) is 15.3 Å². The summed E-state index contributed by atoms with van der Waals surface area (Å²) in [4.78, 5) is 19.1. The molecule has 0 saturated carbocycles. The van der Waals surface area contributed by atoms with Crippen LogP contribution in [0.5, 0.6) is 0 Å². The average molecular weight is 269 g/mol. The highest BCUT2D eigenvalue weighted by atomic mass is 16.4. The van der Waals surface area contributed by atoms with E-state index in [0.29, 0.717) is 17.9 Å². The van der Waals surface area contributed by atoms with Gasteiger partial charge in [-0.1, -0.05) is 12.1 Å². The van der Waals surface area contributed by atoms with Gasteiger partial charge in [-0.15, -0.1) is 0 Å². The van der Waals surface area contributed by atoms with Gasteiger partial charge in [0.25, 0.3) is 0 Å². The summed E-state index contributed by atoms with van der Waals surface area (Å²) < 4.78 is 5.22. The summed E-state index contributed by atoms with van der Waals surface area (Å²) in [6, 6.07) is 10.9. The van der Waals surface area contributed by atoms with Crippen molar-refractivity contribution in [2.24, 2.45) is 0 Å². The van der Waals surface area contributed by atoms with Crippen molar-refractivity contribution in [3.63, 3.8) is 0 Å². The molecular weight excluding hydrogens is 258 g/mol. The van der Waals surface area contributed by atoms with E-state index in [0.717, 1.165) is 11.1 Å². The van der Waals surface area contributed by atoms with Crippen LogP contribution in [0.3, 0.4) is 0 Å². The second-order valence-corrected chi connectivity index (χ2v) is 4.15. The standard InChI is InChI=1S/C14H11N3O3/c18-14(19)13-16-11-6-2-1-5-10(11)12(17-13)15-8-9-4-3-7-20-9/h1-7H,8H2,(H,18,19)(H,15,16,17). The summed E-state index contributed by atoms with van der Waals surface area (Å²) in [5.41, 5.74) is 0.585. The number of aromatic nitrogens is 2. The number of para-hydroxylation sites is 1. The van der Waals surface area contributed by atoms with Gasteiger partial charge in [-0.3, -0.25) is 0 Å². The van der Waals surface area contributed by atoms with Crippen molar-refractivity contribution in [3.8, 4) is 0 Å². The van der Waals surface area contributed by atoms with Gasteiger partial charge in [0.15, 0.2) is 0 Å². The number of fused-ring (bicyclic) bond motifs is 1. The maximum absolute atomic E-state index is 11.1. The molecule has 3 aromatic rings. The van der Waals surface area contributed by atoms with E-state index < -0.39 is 5.97 Å². The molecule has 0 radical (unpaired) electrons. The van der Waals surface area contributed by atoms with Crippen molar-refractivity contribution in [2.45, 2.75) is 6.54 Å². The molecule has 3 rings (SSSR count). The first kappa shape index (κ1) is 12.2. The molecule has 6 nitrogen and oxygen atoms in total. The highest BCUT2D eigenvalue weighted by molar-refractivity contribution is 5.93. The number of benzene rings is 1. The van der Waals surface area contributed by atoms with Crippen LogP contribution in [0, 0.1) is 0 Å². The summed E-state index contributed by atoms with van der Waals surface area (Å²) in [6.45, 7) is 0.424. The Hall–Kier alpha value is -2.89. The minimum absolute atomic E-state index is 0.231. The lowest BCUT2D eigenvalue weighted by Crippen LogP contribution is -2.09. The first-order valence-electron chi connectivity index (χ1n) is 6.00. The number of carbonyl (C=O) groups is 1. The Morgan fingerprint density at radius 1 is 1.20 bits per heavy atom. The van der Waals surface area contributed by atoms with E-state index in [9.17, 15) is 4.79 Å². The van der Waals surface area contributed by atoms with E-state index in [-0.39, 0.29) is 5.82 Å². The molecule has 6 heteroatoms. The Labute approximate surface area is 114 Å². The van der Waals surface area contributed by atoms with Crippen molar-refractivity contribution in [3.05, 3.63) is 54.2 Å². The third-order valence-corrected chi connectivity index (χ3v) is 2.80. The van der Waals surface area contributed by atoms with E-state index in [1.54, 1.807) is 24.5 Å². The molecule has 2 N–H and O–H groups in total. The lowest BCUT2D eigenvalue weighted by Gasteiger charge is -2.08. The Bertz CT molecular complexity index is 753. The van der Waals surface area contributed by atoms with Crippen LogP contribution in [-0.4, -0.2) is 21.0 Å². The molecule has 0 spiro atoms. The van der Waals surface area contributed by atoms with Crippen LogP contribution in [0.25, 0.3) is 10.9 Å². The minimum atomic E-state index is -1.16. The smallest absolute Gasteiger partial charge is 0.374 e. The molecule has 20 heavy (non-hydrogen) atoms. The van der Waals surface area contributed by atoms with E-state index in [1.165, 1.54) is 0 Å². The number of carboxylic acids is 1. The largest absolute Gasteiger partial charge is 0.475 e. The molecule has 0 aliphatic carbocycles. The fraction of sp³-hybridized carbons (Fsp3) is 0.0714. The minimum Gasteiger partial charge on any atom is -0.475 e. The topological polar surface area (TPSA) is 88.2 Å². The molecule has 0 bridgehead atoms. The number of furan rings is 1. The van der Waals surface area contributed by atoms with Crippen molar-refractivity contribution in [2.75, 3.05) is 5.32 Å². The maximum atomic E-state index is 11.1. The number of hydrogen-bond acceptors (Lipinski definition) is 5. The van der Waals surface area contributed by atoms with Crippen LogP contribution in [0.1, 0.15) is 16.4 Å². The molecule has 2 heterocycles. The summed E-state index contributed by atoms with van der Waals surface area (Å²) in [6.07, 6.45) is 1.58. The molecule has 0 atom stereocenters. The Morgan fingerprint density at radius 2 is 2.05 bits per heavy atom. The fourth-order valence-electron chi connectivity index (χ4n) is 1.89. The number of rotatable bonds is 4. The Kier molecular flexibility index (Phi) is 3.04. The highest BCUT2D eigenvalue weighted by Crippen LogP contribution is 2.20. The summed E-state index contributed by atoms with van der Waals surface area (Å²) in [5.74, 6) is -0.170. The zero-order valence-electron chi connectivity index (χ0n) is 10.4. The lowest BCUT2D eigenvalue weighted by molar-refractivity contribution is 0.0684. The number of nitrogens with one attached hydrogen (secondary N) is 1. The summed E-state index contributed by atoms with van der Waals surface area (Å²) >= 11 is 0. The van der Waals surface area contributed by atoms with Gasteiger partial charge in [-0.25, -0.2) is 14.8 Å². The molecule has 1 aromatic carbocycles. The monoisotopic (exact) mass is 269 g/mol. The van der Waals surface area contributed by atoms with Gasteiger partial charge in [-0.05, 0) is 24.3 Å². The fourth-order valence-corrected chi connectivity index (χ4v) is 1.89. The van der Waals surface area contributed by atoms with E-state index >= 15 is 0 Å². The molecule has 0 aliphatic rings. The van der Waals surface area contributed by atoms with Crippen LogP contribution in [-0.2, 0) is 6.54 Å². The van der Waals surface area contributed by atoms with E-state index in [4.69, 9.17) is 9.52 Å². The van der Waals surface area contributed by atoms with Gasteiger partial charge in [-0.2, -0.15) is 0 Å². The van der Waals surface area contributed by atoms with Crippen molar-refractivity contribution < 1.29 is 14.3 Å². The SMILES string of the molecule is O=C(O)c1nc(NCc2ccco2)c2ccccc2n1. The molecule has 0 amide bonds. The Balaban J connectivity index is 2.00. The molecular formula is C14H11N3O3. The van der Waals surface area contributed by atoms with Gasteiger partial charge in [0.2, 0.25) is 5.82 Å². The normalized spacial score (nSPS) is 10.6. The maximum Gasteiger partial charge on any atom is 0.374 e. The number of carboxylic acid groups (broad SMARTS) is 1. The number of hydrogen-bond donors (Lipinski definition) is 2. The predicted molar refractivity (Wildman–Crippen MR) is 72.5 cm³/mol. The highest BCUT2D eigenvalue weighted by Gasteiger charge is 2.12. The predicted octanol–water partition coefficient (Wildman–Crippen LogP) is 2.53. The molecule has 0 saturated heterocycles. The van der Waals surface area contributed by atoms with Gasteiger partial charge in [0.05, 0.1) is 18.3 Å². The Morgan fingerprint density at radius 3 is 2.80 bits per heavy atom. The van der Waals surface area contributed by atoms with Gasteiger partial charge in [0.1, 0.15) is 11.6 Å². The molecule has 2 aromatic heterocycles. The first-order valence-corrected chi connectivity index (χ1v) is 6.00. The van der Waals surface area contributed by atoms with Crippen molar-refractivity contribution >= 4 is 22.7 Å². The van der Waals surface area contributed by atoms with E-state index in [1.807, 2.05) is 18.2 Å². The van der Waals surface area contributed by atoms with Crippen LogP contribution in [0.4, 0.5) is 5.82 Å². The third-order valence-electron chi connectivity index (χ3n) is 2.80. The quantitative estimate of drug-likeness (QED) is 0.756. The van der Waals surface area contributed by atoms with Crippen LogP contribution in [0.15, 0.2) is 47.1 Å². The third kappa shape index (κ3) is 2.31. The van der Waals surface area contributed by atoms with Crippen molar-refractivity contribution in [1.29, 1.82) is 0 Å². The number of aromatic carboxylic acids is 1. The van der Waals surface area contributed by atoms with Gasteiger partial charge < -0.3 is 14.8 Å². The number of nitrogens with zero attached hydrogens (tertiary/aromatic N) is 2. The zero-order valence-corrected chi connectivity index (χ0v) is 10.4. The second-order valence-electron chi connectivity index (χ2n) is 4.15. The zero-order chi connectivity index (χ0) is 13.9. The van der Waals surface area contributed by atoms with Crippen LogP contribution >= 0.6 is 0 Å². The molecule has 0 unspecified atom stereocenters. The molecule has 100 valence electrons. The van der Waals surface area contributed by atoms with Crippen molar-refractivity contribution in [1.82, 2.24) is 9.97 Å². The second kappa shape index (κ2) is 5.00. The van der Waals surface area contributed by atoms with Gasteiger partial charge in [0, 0.05) is 5.39 Å². The lowest BCUT2D eigenvalue weighted by atomic mass is 10.2. The van der Waals surface area contributed by atoms with Gasteiger partial charge >= 0.3 is 5.97 Å².